The van der Waals surface area contributed by atoms with E-state index in [9.17, 15) is 13.2 Å². The Kier molecular flexibility index (Phi) is 3.94. The number of esters is 1. The molecule has 6 nitrogen and oxygen atoms in total. The van der Waals surface area contributed by atoms with Crippen LogP contribution in [0, 0.1) is 0 Å². The van der Waals surface area contributed by atoms with E-state index in [2.05, 4.69) is 14.7 Å². The van der Waals surface area contributed by atoms with Crippen LogP contribution in [-0.2, 0) is 25.1 Å². The van der Waals surface area contributed by atoms with Crippen molar-refractivity contribution in [2.45, 2.75) is 17.9 Å². The summed E-state index contributed by atoms with van der Waals surface area (Å²) in [7, 11) is -2.45. The fourth-order valence-corrected chi connectivity index (χ4v) is 2.25. The maximum atomic E-state index is 11.7. The molecule has 0 spiro atoms. The molecular formula is C9H12N2O4S. The summed E-state index contributed by atoms with van der Waals surface area (Å²) in [5, 5.41) is -1.19. The highest BCUT2D eigenvalue weighted by Gasteiger charge is 2.29. The van der Waals surface area contributed by atoms with Crippen LogP contribution in [0.1, 0.15) is 12.6 Å². The summed E-state index contributed by atoms with van der Waals surface area (Å²) in [6.07, 6.45) is 4.19. The van der Waals surface area contributed by atoms with Crippen molar-refractivity contribution in [2.24, 2.45) is 0 Å². The summed E-state index contributed by atoms with van der Waals surface area (Å²) in [5.74, 6) is -1.10. The molecule has 0 aliphatic heterocycles. The van der Waals surface area contributed by atoms with E-state index >= 15 is 0 Å². The minimum Gasteiger partial charge on any atom is -0.468 e. The predicted molar refractivity (Wildman–Crippen MR) is 56.1 cm³/mol. The molecule has 0 aliphatic rings. The van der Waals surface area contributed by atoms with Gasteiger partial charge in [0.05, 0.1) is 18.6 Å². The Hall–Kier alpha value is -1.50. The van der Waals surface area contributed by atoms with E-state index in [1.165, 1.54) is 25.5 Å². The third-order valence-corrected chi connectivity index (χ3v) is 4.01. The number of nitrogens with zero attached hydrogens (tertiary/aromatic N) is 2. The number of carbonyl (C=O) groups is 1. The molecule has 0 radical (unpaired) electrons. The van der Waals surface area contributed by atoms with Gasteiger partial charge in [0.25, 0.3) is 0 Å². The summed E-state index contributed by atoms with van der Waals surface area (Å²) in [5.41, 5.74) is 0.304. The second kappa shape index (κ2) is 5.02. The molecule has 1 aromatic rings. The first-order valence-corrected chi connectivity index (χ1v) is 6.23. The summed E-state index contributed by atoms with van der Waals surface area (Å²) in [6, 6.07) is 0. The Morgan fingerprint density at radius 3 is 2.69 bits per heavy atom. The van der Waals surface area contributed by atoms with Crippen LogP contribution >= 0.6 is 0 Å². The summed E-state index contributed by atoms with van der Waals surface area (Å²) < 4.78 is 27.8. The van der Waals surface area contributed by atoms with Crippen molar-refractivity contribution >= 4 is 15.8 Å². The second-order valence-corrected chi connectivity index (χ2v) is 5.49. The van der Waals surface area contributed by atoms with Crippen LogP contribution in [0.4, 0.5) is 0 Å². The molecule has 88 valence electrons. The maximum absolute atomic E-state index is 11.7. The molecule has 0 amide bonds. The van der Waals surface area contributed by atoms with Crippen molar-refractivity contribution < 1.29 is 17.9 Å². The Labute approximate surface area is 93.6 Å². The zero-order chi connectivity index (χ0) is 12.2. The highest BCUT2D eigenvalue weighted by Crippen LogP contribution is 2.09. The van der Waals surface area contributed by atoms with E-state index in [1.807, 2.05) is 0 Å². The van der Waals surface area contributed by atoms with E-state index in [-0.39, 0.29) is 5.75 Å². The fraction of sp³-hybridized carbons (Fsp3) is 0.444. The molecule has 0 aromatic carbocycles. The first-order valence-electron chi connectivity index (χ1n) is 4.51. The van der Waals surface area contributed by atoms with Gasteiger partial charge < -0.3 is 4.74 Å². The lowest BCUT2D eigenvalue weighted by Crippen LogP contribution is -2.29. The smallest absolute Gasteiger partial charge is 0.323 e. The van der Waals surface area contributed by atoms with Gasteiger partial charge >= 0.3 is 5.97 Å². The highest BCUT2D eigenvalue weighted by molar-refractivity contribution is 7.91. The summed E-state index contributed by atoms with van der Waals surface area (Å²) in [6.45, 7) is 1.29. The molecular weight excluding hydrogens is 232 g/mol. The topological polar surface area (TPSA) is 86.2 Å². The molecule has 0 saturated carbocycles. The number of aromatic nitrogens is 2. The van der Waals surface area contributed by atoms with Crippen LogP contribution in [0.2, 0.25) is 0 Å². The van der Waals surface area contributed by atoms with Crippen LogP contribution in [-0.4, -0.2) is 36.7 Å². The normalized spacial score (nSPS) is 13.1. The minimum atomic E-state index is -3.60. The average molecular weight is 244 g/mol. The Balaban J connectivity index is 2.84. The van der Waals surface area contributed by atoms with Gasteiger partial charge in [0, 0.05) is 18.6 Å². The highest BCUT2D eigenvalue weighted by atomic mass is 32.2. The van der Waals surface area contributed by atoms with Crippen molar-refractivity contribution in [1.82, 2.24) is 9.97 Å². The number of sulfone groups is 1. The van der Waals surface area contributed by atoms with Gasteiger partial charge in [-0.25, -0.2) is 8.42 Å². The third-order valence-electron chi connectivity index (χ3n) is 2.04. The molecule has 1 unspecified atom stereocenters. The van der Waals surface area contributed by atoms with Gasteiger partial charge in [0.15, 0.2) is 15.1 Å². The van der Waals surface area contributed by atoms with Crippen LogP contribution in [0.15, 0.2) is 18.6 Å². The first kappa shape index (κ1) is 12.6. The van der Waals surface area contributed by atoms with Gasteiger partial charge in [0.1, 0.15) is 0 Å². The van der Waals surface area contributed by atoms with E-state index in [0.717, 1.165) is 7.11 Å². The number of hydrogen-bond donors (Lipinski definition) is 0. The Bertz CT molecular complexity index is 458. The quantitative estimate of drug-likeness (QED) is 0.690. The molecule has 1 heterocycles. The van der Waals surface area contributed by atoms with E-state index in [0.29, 0.717) is 5.69 Å². The van der Waals surface area contributed by atoms with Gasteiger partial charge in [-0.1, -0.05) is 0 Å². The van der Waals surface area contributed by atoms with E-state index < -0.39 is 21.1 Å². The largest absolute Gasteiger partial charge is 0.468 e. The minimum absolute atomic E-state index is 0.304. The zero-order valence-corrected chi connectivity index (χ0v) is 9.77. The standard InChI is InChI=1S/C9H12N2O4S/c1-7(9(12)15-2)16(13,14)6-8-5-10-3-4-11-8/h3-5,7H,6H2,1-2H3. The number of carbonyl (C=O) groups excluding carboxylic acids is 1. The van der Waals surface area contributed by atoms with Crippen molar-refractivity contribution in [2.75, 3.05) is 7.11 Å². The van der Waals surface area contributed by atoms with E-state index in [4.69, 9.17) is 0 Å². The zero-order valence-electron chi connectivity index (χ0n) is 8.95. The molecule has 0 aliphatic carbocycles. The van der Waals surface area contributed by atoms with Crippen molar-refractivity contribution in [3.63, 3.8) is 0 Å². The maximum Gasteiger partial charge on any atom is 0.323 e. The number of rotatable bonds is 4. The predicted octanol–water partition coefficient (Wildman–Crippen LogP) is -0.0471. The molecule has 1 rings (SSSR count). The van der Waals surface area contributed by atoms with Crippen molar-refractivity contribution in [3.8, 4) is 0 Å². The Morgan fingerprint density at radius 1 is 1.50 bits per heavy atom. The van der Waals surface area contributed by atoms with Gasteiger partial charge in [-0.15, -0.1) is 0 Å². The number of hydrogen-bond acceptors (Lipinski definition) is 6. The van der Waals surface area contributed by atoms with Gasteiger partial charge in [-0.2, -0.15) is 0 Å². The summed E-state index contributed by atoms with van der Waals surface area (Å²) in [4.78, 5) is 18.7. The lowest BCUT2D eigenvalue weighted by atomic mass is 10.5. The first-order chi connectivity index (χ1) is 7.47. The van der Waals surface area contributed by atoms with Crippen LogP contribution in [0.5, 0.6) is 0 Å². The van der Waals surface area contributed by atoms with Gasteiger partial charge in [-0.3, -0.25) is 14.8 Å². The van der Waals surface area contributed by atoms with Crippen LogP contribution in [0.25, 0.3) is 0 Å². The lowest BCUT2D eigenvalue weighted by molar-refractivity contribution is -0.139. The molecule has 0 saturated heterocycles. The Morgan fingerprint density at radius 2 is 2.19 bits per heavy atom. The number of methoxy groups -OCH3 is 1. The SMILES string of the molecule is COC(=O)C(C)S(=O)(=O)Cc1cnccn1. The fourth-order valence-electron chi connectivity index (χ4n) is 1.05. The molecule has 1 atom stereocenters. The molecule has 16 heavy (non-hydrogen) atoms. The molecule has 7 heteroatoms. The molecule has 0 bridgehead atoms. The second-order valence-electron chi connectivity index (χ2n) is 3.17. The monoisotopic (exact) mass is 244 g/mol. The van der Waals surface area contributed by atoms with E-state index in [1.54, 1.807) is 0 Å². The molecule has 0 N–H and O–H groups in total. The third kappa shape index (κ3) is 2.99. The average Bonchev–Trinajstić information content (AvgIpc) is 2.27. The summed E-state index contributed by atoms with van der Waals surface area (Å²) >= 11 is 0. The van der Waals surface area contributed by atoms with Gasteiger partial charge in [0.2, 0.25) is 0 Å². The van der Waals surface area contributed by atoms with Crippen LogP contribution < -0.4 is 0 Å². The molecule has 1 aromatic heterocycles. The van der Waals surface area contributed by atoms with Crippen molar-refractivity contribution in [3.05, 3.63) is 24.3 Å². The van der Waals surface area contributed by atoms with Crippen molar-refractivity contribution in [1.29, 1.82) is 0 Å². The van der Waals surface area contributed by atoms with Gasteiger partial charge in [-0.05, 0) is 6.92 Å². The molecule has 0 fully saturated rings. The van der Waals surface area contributed by atoms with Crippen LogP contribution in [0.3, 0.4) is 0 Å². The lowest BCUT2D eigenvalue weighted by Gasteiger charge is -2.09. The number of ether oxygens (including phenoxy) is 1.